The smallest absolute Gasteiger partial charge is 0.122 e. The SMILES string of the molecule is CC1(c2ccc3c(c2)CCO3)CC1. The molecule has 1 nitrogen and oxygen atoms in total. The van der Waals surface area contributed by atoms with Crippen LogP contribution in [0.25, 0.3) is 0 Å². The molecule has 0 spiro atoms. The molecule has 2 aliphatic rings. The van der Waals surface area contributed by atoms with Crippen LogP contribution < -0.4 is 4.74 Å². The van der Waals surface area contributed by atoms with Crippen molar-refractivity contribution in [2.75, 3.05) is 6.61 Å². The largest absolute Gasteiger partial charge is 0.493 e. The summed E-state index contributed by atoms with van der Waals surface area (Å²) >= 11 is 0. The van der Waals surface area contributed by atoms with Gasteiger partial charge in [0.25, 0.3) is 0 Å². The van der Waals surface area contributed by atoms with Gasteiger partial charge < -0.3 is 4.74 Å². The van der Waals surface area contributed by atoms with Crippen LogP contribution in [-0.4, -0.2) is 6.61 Å². The molecule has 0 atom stereocenters. The van der Waals surface area contributed by atoms with Crippen molar-refractivity contribution >= 4 is 0 Å². The van der Waals surface area contributed by atoms with Crippen LogP contribution in [0, 0.1) is 0 Å². The Hall–Kier alpha value is -0.980. The molecular formula is C12H14O. The number of rotatable bonds is 1. The average Bonchev–Trinajstić information content (AvgIpc) is 2.74. The molecule has 0 N–H and O–H groups in total. The van der Waals surface area contributed by atoms with Crippen molar-refractivity contribution in [3.63, 3.8) is 0 Å². The Morgan fingerprint density at radius 3 is 2.92 bits per heavy atom. The highest BCUT2D eigenvalue weighted by molar-refractivity contribution is 5.43. The maximum Gasteiger partial charge on any atom is 0.122 e. The number of hydrogen-bond acceptors (Lipinski definition) is 1. The Morgan fingerprint density at radius 1 is 1.31 bits per heavy atom. The van der Waals surface area contributed by atoms with E-state index in [1.54, 1.807) is 0 Å². The first-order valence-corrected chi connectivity index (χ1v) is 5.04. The van der Waals surface area contributed by atoms with Crippen molar-refractivity contribution in [3.8, 4) is 5.75 Å². The minimum atomic E-state index is 0.498. The summed E-state index contributed by atoms with van der Waals surface area (Å²) in [6.45, 7) is 3.22. The molecule has 1 aromatic rings. The van der Waals surface area contributed by atoms with E-state index < -0.39 is 0 Å². The van der Waals surface area contributed by atoms with Crippen molar-refractivity contribution < 1.29 is 4.74 Å². The molecule has 3 rings (SSSR count). The van der Waals surface area contributed by atoms with Gasteiger partial charge in [0.2, 0.25) is 0 Å². The van der Waals surface area contributed by atoms with E-state index in [1.165, 1.54) is 24.0 Å². The van der Waals surface area contributed by atoms with Gasteiger partial charge in [-0.2, -0.15) is 0 Å². The van der Waals surface area contributed by atoms with Crippen molar-refractivity contribution in [3.05, 3.63) is 29.3 Å². The highest BCUT2D eigenvalue weighted by Crippen LogP contribution is 2.48. The van der Waals surface area contributed by atoms with Crippen molar-refractivity contribution in [2.24, 2.45) is 0 Å². The van der Waals surface area contributed by atoms with E-state index in [0.29, 0.717) is 5.41 Å². The second-order valence-electron chi connectivity index (χ2n) is 4.48. The van der Waals surface area contributed by atoms with Crippen molar-refractivity contribution in [1.29, 1.82) is 0 Å². The van der Waals surface area contributed by atoms with Crippen LogP contribution in [0.2, 0.25) is 0 Å². The molecule has 0 aromatic heterocycles. The fourth-order valence-corrected chi connectivity index (χ4v) is 2.04. The molecule has 0 saturated heterocycles. The van der Waals surface area contributed by atoms with E-state index in [0.717, 1.165) is 18.8 Å². The fourth-order valence-electron chi connectivity index (χ4n) is 2.04. The van der Waals surface area contributed by atoms with E-state index in [4.69, 9.17) is 4.74 Å². The molecular weight excluding hydrogens is 160 g/mol. The number of hydrogen-bond donors (Lipinski definition) is 0. The Labute approximate surface area is 78.7 Å². The van der Waals surface area contributed by atoms with Crippen LogP contribution in [0.15, 0.2) is 18.2 Å². The zero-order valence-electron chi connectivity index (χ0n) is 7.97. The summed E-state index contributed by atoms with van der Waals surface area (Å²) in [4.78, 5) is 0. The Balaban J connectivity index is 2.05. The third kappa shape index (κ3) is 1.06. The number of ether oxygens (including phenoxy) is 1. The minimum Gasteiger partial charge on any atom is -0.493 e. The van der Waals surface area contributed by atoms with Gasteiger partial charge in [-0.1, -0.05) is 19.1 Å². The van der Waals surface area contributed by atoms with E-state index in [9.17, 15) is 0 Å². The molecule has 1 heteroatoms. The van der Waals surface area contributed by atoms with Crippen LogP contribution in [0.1, 0.15) is 30.9 Å². The molecule has 1 saturated carbocycles. The van der Waals surface area contributed by atoms with Gasteiger partial charge in [-0.05, 0) is 35.4 Å². The van der Waals surface area contributed by atoms with Crippen LogP contribution in [0.3, 0.4) is 0 Å². The monoisotopic (exact) mass is 174 g/mol. The maximum absolute atomic E-state index is 5.49. The molecule has 1 aromatic carbocycles. The van der Waals surface area contributed by atoms with Crippen LogP contribution >= 0.6 is 0 Å². The van der Waals surface area contributed by atoms with E-state index >= 15 is 0 Å². The normalized spacial score (nSPS) is 22.2. The molecule has 1 aliphatic carbocycles. The third-order valence-electron chi connectivity index (χ3n) is 3.39. The van der Waals surface area contributed by atoms with Gasteiger partial charge in [0.05, 0.1) is 6.61 Å². The lowest BCUT2D eigenvalue weighted by atomic mass is 9.96. The van der Waals surface area contributed by atoms with Gasteiger partial charge in [-0.25, -0.2) is 0 Å². The minimum absolute atomic E-state index is 0.498. The molecule has 1 aliphatic heterocycles. The van der Waals surface area contributed by atoms with Crippen molar-refractivity contribution in [1.82, 2.24) is 0 Å². The van der Waals surface area contributed by atoms with Gasteiger partial charge in [0.15, 0.2) is 0 Å². The lowest BCUT2D eigenvalue weighted by Gasteiger charge is -2.09. The molecule has 0 bridgehead atoms. The highest BCUT2D eigenvalue weighted by atomic mass is 16.5. The summed E-state index contributed by atoms with van der Waals surface area (Å²) in [7, 11) is 0. The Morgan fingerprint density at radius 2 is 2.15 bits per heavy atom. The first-order valence-electron chi connectivity index (χ1n) is 5.04. The average molecular weight is 174 g/mol. The summed E-state index contributed by atoms with van der Waals surface area (Å²) in [5.74, 6) is 1.10. The molecule has 0 unspecified atom stereocenters. The summed E-state index contributed by atoms with van der Waals surface area (Å²) in [6.07, 6.45) is 3.80. The summed E-state index contributed by atoms with van der Waals surface area (Å²) in [5.41, 5.74) is 3.42. The fraction of sp³-hybridized carbons (Fsp3) is 0.500. The standard InChI is InChI=1S/C12H14O/c1-12(5-6-12)10-2-3-11-9(8-10)4-7-13-11/h2-3,8H,4-7H2,1H3. The van der Waals surface area contributed by atoms with Gasteiger partial charge in [-0.3, -0.25) is 0 Å². The maximum atomic E-state index is 5.49. The predicted molar refractivity (Wildman–Crippen MR) is 52.2 cm³/mol. The van der Waals surface area contributed by atoms with E-state index in [-0.39, 0.29) is 0 Å². The highest BCUT2D eigenvalue weighted by Gasteiger charge is 2.39. The lowest BCUT2D eigenvalue weighted by Crippen LogP contribution is -1.99. The topological polar surface area (TPSA) is 9.23 Å². The molecule has 1 fully saturated rings. The lowest BCUT2D eigenvalue weighted by molar-refractivity contribution is 0.357. The van der Waals surface area contributed by atoms with Gasteiger partial charge in [0, 0.05) is 6.42 Å². The van der Waals surface area contributed by atoms with Crippen LogP contribution in [0.5, 0.6) is 5.75 Å². The van der Waals surface area contributed by atoms with Gasteiger partial charge >= 0.3 is 0 Å². The zero-order chi connectivity index (χ0) is 8.89. The molecule has 68 valence electrons. The first-order chi connectivity index (χ1) is 6.28. The second-order valence-corrected chi connectivity index (χ2v) is 4.48. The number of benzene rings is 1. The predicted octanol–water partition coefficient (Wildman–Crippen LogP) is 2.67. The summed E-state index contributed by atoms with van der Waals surface area (Å²) < 4.78 is 5.49. The Kier molecular flexibility index (Phi) is 1.30. The van der Waals surface area contributed by atoms with Crippen LogP contribution in [-0.2, 0) is 11.8 Å². The second kappa shape index (κ2) is 2.28. The van der Waals surface area contributed by atoms with Crippen molar-refractivity contribution in [2.45, 2.75) is 31.6 Å². The molecule has 1 heterocycles. The van der Waals surface area contributed by atoms with E-state index in [1.807, 2.05) is 0 Å². The van der Waals surface area contributed by atoms with Gasteiger partial charge in [0.1, 0.15) is 5.75 Å². The molecule has 13 heavy (non-hydrogen) atoms. The quantitative estimate of drug-likeness (QED) is 0.636. The van der Waals surface area contributed by atoms with Gasteiger partial charge in [-0.15, -0.1) is 0 Å². The van der Waals surface area contributed by atoms with Crippen LogP contribution in [0.4, 0.5) is 0 Å². The zero-order valence-corrected chi connectivity index (χ0v) is 7.97. The first kappa shape index (κ1) is 7.43. The Bertz CT molecular complexity index is 350. The summed E-state index contributed by atoms with van der Waals surface area (Å²) in [6, 6.07) is 6.72. The summed E-state index contributed by atoms with van der Waals surface area (Å²) in [5, 5.41) is 0. The third-order valence-corrected chi connectivity index (χ3v) is 3.39. The molecule has 0 amide bonds. The molecule has 0 radical (unpaired) electrons. The number of fused-ring (bicyclic) bond motifs is 1. The van der Waals surface area contributed by atoms with E-state index in [2.05, 4.69) is 25.1 Å².